The fourth-order valence-corrected chi connectivity index (χ4v) is 3.73. The van der Waals surface area contributed by atoms with E-state index >= 15 is 0 Å². The molecule has 0 radical (unpaired) electrons. The van der Waals surface area contributed by atoms with E-state index in [4.69, 9.17) is 4.74 Å². The van der Waals surface area contributed by atoms with Crippen LogP contribution in [0.4, 0.5) is 0 Å². The lowest BCUT2D eigenvalue weighted by Gasteiger charge is -2.23. The number of nitrogens with zero attached hydrogens (tertiary/aromatic N) is 1. The van der Waals surface area contributed by atoms with Crippen LogP contribution in [0.5, 0.6) is 5.75 Å². The van der Waals surface area contributed by atoms with Crippen molar-refractivity contribution in [2.24, 2.45) is 0 Å². The molecule has 1 N–H and O–H groups in total. The summed E-state index contributed by atoms with van der Waals surface area (Å²) in [6.45, 7) is 0.567. The number of ether oxygens (including phenoxy) is 1. The first-order valence-electron chi connectivity index (χ1n) is 8.88. The van der Waals surface area contributed by atoms with Crippen LogP contribution in [0, 0.1) is 0 Å². The summed E-state index contributed by atoms with van der Waals surface area (Å²) in [4.78, 5) is 15.5. The van der Waals surface area contributed by atoms with Crippen molar-refractivity contribution in [1.82, 2.24) is 10.2 Å². The van der Waals surface area contributed by atoms with Crippen molar-refractivity contribution in [3.8, 4) is 16.9 Å². The average molecular weight is 381 g/mol. The highest BCUT2D eigenvalue weighted by Gasteiger charge is 2.16. The minimum Gasteiger partial charge on any atom is -0.484 e. The molecule has 4 nitrogen and oxygen atoms in total. The number of amides is 1. The van der Waals surface area contributed by atoms with Crippen LogP contribution < -0.4 is 10.1 Å². The van der Waals surface area contributed by atoms with Crippen LogP contribution in [0.3, 0.4) is 0 Å². The second kappa shape index (κ2) is 9.35. The Morgan fingerprint density at radius 3 is 2.33 bits per heavy atom. The van der Waals surface area contributed by atoms with Crippen molar-refractivity contribution < 1.29 is 9.53 Å². The van der Waals surface area contributed by atoms with E-state index in [9.17, 15) is 4.79 Å². The molecule has 0 aliphatic carbocycles. The Kier molecular flexibility index (Phi) is 6.63. The summed E-state index contributed by atoms with van der Waals surface area (Å²) in [5, 5.41) is 5.01. The molecular weight excluding hydrogens is 356 g/mol. The maximum atomic E-state index is 12.2. The monoisotopic (exact) mass is 380 g/mol. The van der Waals surface area contributed by atoms with Crippen LogP contribution in [0.25, 0.3) is 11.1 Å². The molecule has 140 valence electrons. The van der Waals surface area contributed by atoms with E-state index in [1.165, 1.54) is 4.88 Å². The Morgan fingerprint density at radius 1 is 1.00 bits per heavy atom. The second-order valence-electron chi connectivity index (χ2n) is 6.48. The van der Waals surface area contributed by atoms with E-state index in [1.807, 2.05) is 62.6 Å². The first-order chi connectivity index (χ1) is 13.1. The summed E-state index contributed by atoms with van der Waals surface area (Å²) in [7, 11) is 4.03. The quantitative estimate of drug-likeness (QED) is 0.636. The zero-order valence-corrected chi connectivity index (χ0v) is 16.4. The third kappa shape index (κ3) is 5.42. The molecule has 1 aromatic heterocycles. The van der Waals surface area contributed by atoms with Gasteiger partial charge in [-0.05, 0) is 48.8 Å². The Labute approximate surface area is 164 Å². The van der Waals surface area contributed by atoms with Gasteiger partial charge in [0, 0.05) is 11.4 Å². The minimum atomic E-state index is -0.120. The largest absolute Gasteiger partial charge is 0.484 e. The highest BCUT2D eigenvalue weighted by molar-refractivity contribution is 7.10. The molecule has 5 heteroatoms. The summed E-state index contributed by atoms with van der Waals surface area (Å²) < 4.78 is 5.62. The van der Waals surface area contributed by atoms with Gasteiger partial charge in [0.2, 0.25) is 0 Å². The average Bonchev–Trinajstić information content (AvgIpc) is 3.22. The van der Waals surface area contributed by atoms with Gasteiger partial charge in [0.15, 0.2) is 6.61 Å². The van der Waals surface area contributed by atoms with Crippen LogP contribution in [-0.2, 0) is 4.79 Å². The first-order valence-corrected chi connectivity index (χ1v) is 9.76. The van der Waals surface area contributed by atoms with E-state index in [1.54, 1.807) is 11.3 Å². The van der Waals surface area contributed by atoms with Crippen LogP contribution in [-0.4, -0.2) is 38.1 Å². The molecule has 1 atom stereocenters. The van der Waals surface area contributed by atoms with Crippen LogP contribution >= 0.6 is 11.3 Å². The van der Waals surface area contributed by atoms with Crippen LogP contribution in [0.15, 0.2) is 72.1 Å². The molecule has 0 saturated carbocycles. The van der Waals surface area contributed by atoms with Crippen molar-refractivity contribution in [2.45, 2.75) is 6.04 Å². The van der Waals surface area contributed by atoms with Crippen LogP contribution in [0.1, 0.15) is 10.9 Å². The number of thiophene rings is 1. The molecule has 1 unspecified atom stereocenters. The maximum Gasteiger partial charge on any atom is 0.258 e. The lowest BCUT2D eigenvalue weighted by Crippen LogP contribution is -2.36. The SMILES string of the molecule is CN(C)C(CNC(=O)COc1ccc(-c2ccccc2)cc1)c1cccs1. The standard InChI is InChI=1S/C22H24N2O2S/c1-24(2)20(21-9-6-14-27-21)15-23-22(25)16-26-19-12-10-18(11-13-19)17-7-4-3-5-8-17/h3-14,20H,15-16H2,1-2H3,(H,23,25). The molecule has 1 amide bonds. The molecule has 0 fully saturated rings. The Balaban J connectivity index is 1.49. The summed E-state index contributed by atoms with van der Waals surface area (Å²) in [6.07, 6.45) is 0. The van der Waals surface area contributed by atoms with Gasteiger partial charge in [-0.25, -0.2) is 0 Å². The number of hydrogen-bond acceptors (Lipinski definition) is 4. The predicted octanol–water partition coefficient (Wildman–Crippen LogP) is 4.21. The number of benzene rings is 2. The van der Waals surface area contributed by atoms with Crippen molar-refractivity contribution in [1.29, 1.82) is 0 Å². The number of carbonyl (C=O) groups excluding carboxylic acids is 1. The van der Waals surface area contributed by atoms with E-state index in [-0.39, 0.29) is 18.6 Å². The van der Waals surface area contributed by atoms with Gasteiger partial charge in [0.1, 0.15) is 5.75 Å². The Morgan fingerprint density at radius 2 is 1.70 bits per heavy atom. The topological polar surface area (TPSA) is 41.6 Å². The molecule has 3 rings (SSSR count). The summed E-state index contributed by atoms with van der Waals surface area (Å²) >= 11 is 1.70. The van der Waals surface area contributed by atoms with Crippen molar-refractivity contribution in [3.63, 3.8) is 0 Å². The predicted molar refractivity (Wildman–Crippen MR) is 111 cm³/mol. The van der Waals surface area contributed by atoms with E-state index in [0.29, 0.717) is 12.3 Å². The fourth-order valence-electron chi connectivity index (χ4n) is 2.80. The summed E-state index contributed by atoms with van der Waals surface area (Å²) in [5.74, 6) is 0.567. The normalized spacial score (nSPS) is 12.0. The minimum absolute atomic E-state index is 0.00920. The highest BCUT2D eigenvalue weighted by Crippen LogP contribution is 2.23. The molecular formula is C22H24N2O2S. The van der Waals surface area contributed by atoms with Gasteiger partial charge in [-0.3, -0.25) is 4.79 Å². The smallest absolute Gasteiger partial charge is 0.258 e. The molecule has 0 saturated heterocycles. The summed E-state index contributed by atoms with van der Waals surface area (Å²) in [6, 6.07) is 22.2. The van der Waals surface area contributed by atoms with Gasteiger partial charge in [0.05, 0.1) is 6.04 Å². The zero-order chi connectivity index (χ0) is 19.1. The molecule has 0 bridgehead atoms. The lowest BCUT2D eigenvalue weighted by molar-refractivity contribution is -0.123. The lowest BCUT2D eigenvalue weighted by atomic mass is 10.1. The van der Waals surface area contributed by atoms with E-state index < -0.39 is 0 Å². The molecule has 0 spiro atoms. The first kappa shape index (κ1) is 19.1. The van der Waals surface area contributed by atoms with Gasteiger partial charge >= 0.3 is 0 Å². The van der Waals surface area contributed by atoms with E-state index in [2.05, 4.69) is 33.8 Å². The van der Waals surface area contributed by atoms with Gasteiger partial charge in [-0.1, -0.05) is 48.5 Å². The fraction of sp³-hybridized carbons (Fsp3) is 0.227. The maximum absolute atomic E-state index is 12.2. The molecule has 3 aromatic rings. The van der Waals surface area contributed by atoms with Crippen molar-refractivity contribution in [3.05, 3.63) is 77.0 Å². The number of rotatable bonds is 8. The number of hydrogen-bond donors (Lipinski definition) is 1. The Bertz CT molecular complexity index is 831. The molecule has 27 heavy (non-hydrogen) atoms. The van der Waals surface area contributed by atoms with Gasteiger partial charge in [0.25, 0.3) is 5.91 Å². The number of likely N-dealkylation sites (N-methyl/N-ethyl adjacent to an activating group) is 1. The van der Waals surface area contributed by atoms with E-state index in [0.717, 1.165) is 11.1 Å². The number of carbonyl (C=O) groups is 1. The van der Waals surface area contributed by atoms with Gasteiger partial charge in [-0.2, -0.15) is 0 Å². The Hall–Kier alpha value is -2.63. The molecule has 0 aliphatic rings. The number of nitrogens with one attached hydrogen (secondary N) is 1. The van der Waals surface area contributed by atoms with Crippen LogP contribution in [0.2, 0.25) is 0 Å². The molecule has 0 aliphatic heterocycles. The van der Waals surface area contributed by atoms with Gasteiger partial charge in [-0.15, -0.1) is 11.3 Å². The highest BCUT2D eigenvalue weighted by atomic mass is 32.1. The van der Waals surface area contributed by atoms with Gasteiger partial charge < -0.3 is 15.0 Å². The van der Waals surface area contributed by atoms with Crippen molar-refractivity contribution >= 4 is 17.2 Å². The third-order valence-corrected chi connectivity index (χ3v) is 5.29. The second-order valence-corrected chi connectivity index (χ2v) is 7.46. The molecule has 2 aromatic carbocycles. The molecule has 1 heterocycles. The third-order valence-electron chi connectivity index (χ3n) is 4.32. The zero-order valence-electron chi connectivity index (χ0n) is 15.6. The summed E-state index contributed by atoms with van der Waals surface area (Å²) in [5.41, 5.74) is 2.28. The van der Waals surface area contributed by atoms with Crippen molar-refractivity contribution in [2.75, 3.05) is 27.2 Å².